The van der Waals surface area contributed by atoms with Crippen LogP contribution in [0, 0.1) is 0 Å². The summed E-state index contributed by atoms with van der Waals surface area (Å²) in [7, 11) is 0. The molecular weight excluding hydrogens is 304 g/mol. The van der Waals surface area contributed by atoms with Crippen LogP contribution in [0.15, 0.2) is 59.1 Å². The Kier molecular flexibility index (Phi) is 3.09. The Morgan fingerprint density at radius 2 is 1.79 bits per heavy atom. The molecule has 0 bridgehead atoms. The lowest BCUT2D eigenvalue weighted by Gasteiger charge is -2.09. The predicted molar refractivity (Wildman–Crippen MR) is 80.4 cm³/mol. The third-order valence-electron chi connectivity index (χ3n) is 2.78. The molecule has 0 aliphatic carbocycles. The first-order valence-corrected chi connectivity index (χ1v) is 6.61. The van der Waals surface area contributed by atoms with Crippen molar-refractivity contribution in [1.29, 1.82) is 0 Å². The van der Waals surface area contributed by atoms with Crippen molar-refractivity contribution in [3.63, 3.8) is 0 Å². The SMILES string of the molecule is Nc1cccc(Br)c1Oc1ccc2ccccc2n1. The zero-order valence-electron chi connectivity index (χ0n) is 10.0. The Hall–Kier alpha value is -2.07. The van der Waals surface area contributed by atoms with E-state index < -0.39 is 0 Å². The second-order valence-corrected chi connectivity index (χ2v) is 4.96. The lowest BCUT2D eigenvalue weighted by atomic mass is 10.2. The van der Waals surface area contributed by atoms with Gasteiger partial charge in [-0.2, -0.15) is 0 Å². The summed E-state index contributed by atoms with van der Waals surface area (Å²) in [5.74, 6) is 1.11. The molecule has 1 heterocycles. The number of benzene rings is 2. The minimum Gasteiger partial charge on any atom is -0.436 e. The highest BCUT2D eigenvalue weighted by atomic mass is 79.9. The molecule has 4 heteroatoms. The largest absolute Gasteiger partial charge is 0.436 e. The van der Waals surface area contributed by atoms with E-state index in [9.17, 15) is 0 Å². The molecule has 0 atom stereocenters. The molecule has 0 saturated carbocycles. The number of nitrogens with two attached hydrogens (primary N) is 1. The smallest absolute Gasteiger partial charge is 0.219 e. The molecule has 3 aromatic rings. The Balaban J connectivity index is 2.01. The van der Waals surface area contributed by atoms with Gasteiger partial charge in [-0.05, 0) is 40.2 Å². The topological polar surface area (TPSA) is 48.1 Å². The normalized spacial score (nSPS) is 10.6. The van der Waals surface area contributed by atoms with Crippen LogP contribution in [-0.4, -0.2) is 4.98 Å². The van der Waals surface area contributed by atoms with Gasteiger partial charge >= 0.3 is 0 Å². The Morgan fingerprint density at radius 1 is 0.947 bits per heavy atom. The van der Waals surface area contributed by atoms with E-state index in [2.05, 4.69) is 20.9 Å². The Morgan fingerprint density at radius 3 is 2.63 bits per heavy atom. The third kappa shape index (κ3) is 2.39. The quantitative estimate of drug-likeness (QED) is 0.714. The minimum absolute atomic E-state index is 0.525. The fourth-order valence-corrected chi connectivity index (χ4v) is 2.30. The average molecular weight is 315 g/mol. The summed E-state index contributed by atoms with van der Waals surface area (Å²) >= 11 is 3.42. The maximum Gasteiger partial charge on any atom is 0.219 e. The standard InChI is InChI=1S/C15H11BrN2O/c16-11-5-3-6-12(17)15(11)19-14-9-8-10-4-1-2-7-13(10)18-14/h1-9H,17H2. The number of aromatic nitrogens is 1. The van der Waals surface area contributed by atoms with Crippen LogP contribution in [0.3, 0.4) is 0 Å². The van der Waals surface area contributed by atoms with Crippen LogP contribution in [-0.2, 0) is 0 Å². The number of hydrogen-bond acceptors (Lipinski definition) is 3. The van der Waals surface area contributed by atoms with Crippen LogP contribution in [0.2, 0.25) is 0 Å². The van der Waals surface area contributed by atoms with Crippen molar-refractivity contribution in [3.8, 4) is 11.6 Å². The second kappa shape index (κ2) is 4.90. The number of halogens is 1. The molecule has 0 unspecified atom stereocenters. The zero-order chi connectivity index (χ0) is 13.2. The molecule has 0 radical (unpaired) electrons. The van der Waals surface area contributed by atoms with Gasteiger partial charge in [-0.3, -0.25) is 0 Å². The van der Waals surface area contributed by atoms with Crippen molar-refractivity contribution in [3.05, 3.63) is 59.1 Å². The molecule has 0 aliphatic rings. The van der Waals surface area contributed by atoms with Crippen LogP contribution in [0.5, 0.6) is 11.6 Å². The number of pyridine rings is 1. The first kappa shape index (κ1) is 12.0. The van der Waals surface area contributed by atoms with Crippen LogP contribution < -0.4 is 10.5 Å². The van der Waals surface area contributed by atoms with E-state index in [1.165, 1.54) is 0 Å². The first-order valence-electron chi connectivity index (χ1n) is 5.82. The van der Waals surface area contributed by atoms with Crippen LogP contribution >= 0.6 is 15.9 Å². The van der Waals surface area contributed by atoms with E-state index in [1.54, 1.807) is 6.07 Å². The maximum atomic E-state index is 5.90. The van der Waals surface area contributed by atoms with Gasteiger partial charge in [0.05, 0.1) is 15.7 Å². The van der Waals surface area contributed by atoms with Crippen molar-refractivity contribution < 1.29 is 4.74 Å². The summed E-state index contributed by atoms with van der Waals surface area (Å²) in [6.07, 6.45) is 0. The molecular formula is C15H11BrN2O. The zero-order valence-corrected chi connectivity index (χ0v) is 11.6. The molecule has 3 rings (SSSR count). The Labute approximate surface area is 119 Å². The van der Waals surface area contributed by atoms with Gasteiger partial charge in [0.2, 0.25) is 5.88 Å². The van der Waals surface area contributed by atoms with Crippen molar-refractivity contribution in [2.75, 3.05) is 5.73 Å². The van der Waals surface area contributed by atoms with E-state index in [1.807, 2.05) is 48.5 Å². The summed E-state index contributed by atoms with van der Waals surface area (Å²) in [5.41, 5.74) is 7.37. The lowest BCUT2D eigenvalue weighted by Crippen LogP contribution is -1.94. The predicted octanol–water partition coefficient (Wildman–Crippen LogP) is 4.37. The number of rotatable bonds is 2. The van der Waals surface area contributed by atoms with E-state index in [4.69, 9.17) is 10.5 Å². The van der Waals surface area contributed by atoms with Gasteiger partial charge in [0.15, 0.2) is 5.75 Å². The molecule has 0 fully saturated rings. The number of fused-ring (bicyclic) bond motifs is 1. The number of nitrogens with zero attached hydrogens (tertiary/aromatic N) is 1. The van der Waals surface area contributed by atoms with Crippen molar-refractivity contribution in [2.24, 2.45) is 0 Å². The van der Waals surface area contributed by atoms with Crippen LogP contribution in [0.1, 0.15) is 0 Å². The van der Waals surface area contributed by atoms with Gasteiger partial charge in [-0.1, -0.05) is 24.3 Å². The number of nitrogen functional groups attached to an aromatic ring is 1. The van der Waals surface area contributed by atoms with Crippen molar-refractivity contribution >= 4 is 32.5 Å². The highest BCUT2D eigenvalue weighted by Crippen LogP contribution is 2.34. The van der Waals surface area contributed by atoms with Crippen LogP contribution in [0.25, 0.3) is 10.9 Å². The molecule has 0 saturated heterocycles. The van der Waals surface area contributed by atoms with Crippen molar-refractivity contribution in [2.45, 2.75) is 0 Å². The lowest BCUT2D eigenvalue weighted by molar-refractivity contribution is 0.464. The Bertz CT molecular complexity index is 723. The summed E-state index contributed by atoms with van der Waals surface area (Å²) in [6.45, 7) is 0. The van der Waals surface area contributed by atoms with Gasteiger partial charge < -0.3 is 10.5 Å². The molecule has 0 amide bonds. The fraction of sp³-hybridized carbons (Fsp3) is 0. The summed E-state index contributed by atoms with van der Waals surface area (Å²) in [5, 5.41) is 1.08. The maximum absolute atomic E-state index is 5.90. The van der Waals surface area contributed by atoms with Gasteiger partial charge in [0, 0.05) is 11.5 Å². The second-order valence-electron chi connectivity index (χ2n) is 4.10. The molecule has 2 aromatic carbocycles. The highest BCUT2D eigenvalue weighted by Gasteiger charge is 2.08. The van der Waals surface area contributed by atoms with Gasteiger partial charge in [0.25, 0.3) is 0 Å². The molecule has 94 valence electrons. The van der Waals surface area contributed by atoms with Gasteiger partial charge in [-0.15, -0.1) is 0 Å². The molecule has 1 aromatic heterocycles. The molecule has 0 spiro atoms. The van der Waals surface area contributed by atoms with E-state index in [0.29, 0.717) is 17.3 Å². The summed E-state index contributed by atoms with van der Waals surface area (Å²) in [4.78, 5) is 4.45. The number of anilines is 1. The minimum atomic E-state index is 0.525. The van der Waals surface area contributed by atoms with Gasteiger partial charge in [0.1, 0.15) is 0 Å². The average Bonchev–Trinajstić information content (AvgIpc) is 2.43. The first-order chi connectivity index (χ1) is 9.24. The number of hydrogen-bond donors (Lipinski definition) is 1. The highest BCUT2D eigenvalue weighted by molar-refractivity contribution is 9.10. The van der Waals surface area contributed by atoms with E-state index in [-0.39, 0.29) is 0 Å². The van der Waals surface area contributed by atoms with Gasteiger partial charge in [-0.25, -0.2) is 4.98 Å². The van der Waals surface area contributed by atoms with Crippen LogP contribution in [0.4, 0.5) is 5.69 Å². The summed E-state index contributed by atoms with van der Waals surface area (Å²) < 4.78 is 6.57. The molecule has 2 N–H and O–H groups in total. The molecule has 19 heavy (non-hydrogen) atoms. The van der Waals surface area contributed by atoms with Crippen molar-refractivity contribution in [1.82, 2.24) is 4.98 Å². The number of ether oxygens (including phenoxy) is 1. The van der Waals surface area contributed by atoms with E-state index in [0.717, 1.165) is 15.4 Å². The fourth-order valence-electron chi connectivity index (χ4n) is 1.84. The monoisotopic (exact) mass is 314 g/mol. The van der Waals surface area contributed by atoms with E-state index >= 15 is 0 Å². The molecule has 0 aliphatic heterocycles. The third-order valence-corrected chi connectivity index (χ3v) is 3.40. The summed E-state index contributed by atoms with van der Waals surface area (Å²) in [6, 6.07) is 17.2. The number of para-hydroxylation sites is 2. The molecule has 3 nitrogen and oxygen atoms in total.